The SMILES string of the molecule is O=C(NO)c1cc(I)ccc1O. The van der Waals surface area contributed by atoms with E-state index in [9.17, 15) is 4.79 Å². The highest BCUT2D eigenvalue weighted by Crippen LogP contribution is 2.18. The average Bonchev–Trinajstić information content (AvgIpc) is 2.08. The Bertz CT molecular complexity index is 314. The minimum Gasteiger partial charge on any atom is -0.507 e. The van der Waals surface area contributed by atoms with E-state index >= 15 is 0 Å². The number of hydroxylamine groups is 1. The highest BCUT2D eigenvalue weighted by atomic mass is 127. The summed E-state index contributed by atoms with van der Waals surface area (Å²) in [6.45, 7) is 0. The molecular formula is C7H6INO3. The molecule has 0 heterocycles. The number of carbonyl (C=O) groups is 1. The van der Waals surface area contributed by atoms with Gasteiger partial charge in [0.05, 0.1) is 5.56 Å². The molecule has 64 valence electrons. The quantitative estimate of drug-likeness (QED) is 0.410. The van der Waals surface area contributed by atoms with Gasteiger partial charge >= 0.3 is 0 Å². The Balaban J connectivity index is 3.13. The van der Waals surface area contributed by atoms with Gasteiger partial charge in [-0.2, -0.15) is 0 Å². The number of amides is 1. The predicted octanol–water partition coefficient (Wildman–Crippen LogP) is 1.12. The molecule has 0 fully saturated rings. The molecule has 0 aliphatic heterocycles. The minimum atomic E-state index is -0.717. The number of hydrogen-bond acceptors (Lipinski definition) is 3. The third kappa shape index (κ3) is 1.86. The van der Waals surface area contributed by atoms with Gasteiger partial charge in [0, 0.05) is 3.57 Å². The molecule has 0 radical (unpaired) electrons. The summed E-state index contributed by atoms with van der Waals surface area (Å²) in [6.07, 6.45) is 0. The van der Waals surface area contributed by atoms with Crippen molar-refractivity contribution in [2.45, 2.75) is 0 Å². The second-order valence-corrected chi connectivity index (χ2v) is 3.35. The van der Waals surface area contributed by atoms with E-state index in [2.05, 4.69) is 0 Å². The zero-order chi connectivity index (χ0) is 9.14. The fraction of sp³-hybridized carbons (Fsp3) is 0. The number of hydrogen-bond donors (Lipinski definition) is 3. The van der Waals surface area contributed by atoms with Crippen LogP contribution in [0.5, 0.6) is 5.75 Å². The van der Waals surface area contributed by atoms with Crippen molar-refractivity contribution in [2.75, 3.05) is 0 Å². The molecule has 0 aliphatic carbocycles. The van der Waals surface area contributed by atoms with Gasteiger partial charge in [0.2, 0.25) is 0 Å². The van der Waals surface area contributed by atoms with E-state index in [-0.39, 0.29) is 11.3 Å². The van der Waals surface area contributed by atoms with E-state index in [4.69, 9.17) is 10.3 Å². The van der Waals surface area contributed by atoms with Crippen molar-refractivity contribution >= 4 is 28.5 Å². The average molecular weight is 279 g/mol. The molecule has 0 aliphatic rings. The summed E-state index contributed by atoms with van der Waals surface area (Å²) < 4.78 is 0.809. The van der Waals surface area contributed by atoms with Crippen LogP contribution in [-0.4, -0.2) is 16.2 Å². The number of phenolic OH excluding ortho intramolecular Hbond substituents is 1. The van der Waals surface area contributed by atoms with Crippen LogP contribution in [0.4, 0.5) is 0 Å². The fourth-order valence-corrected chi connectivity index (χ4v) is 1.24. The normalized spacial score (nSPS) is 9.50. The molecule has 0 spiro atoms. The smallest absolute Gasteiger partial charge is 0.278 e. The summed E-state index contributed by atoms with van der Waals surface area (Å²) in [6, 6.07) is 4.53. The molecule has 1 aromatic carbocycles. The second-order valence-electron chi connectivity index (χ2n) is 2.10. The second kappa shape index (κ2) is 3.72. The molecule has 4 nitrogen and oxygen atoms in total. The van der Waals surface area contributed by atoms with Crippen molar-refractivity contribution in [3.63, 3.8) is 0 Å². The van der Waals surface area contributed by atoms with Crippen LogP contribution in [0.25, 0.3) is 0 Å². The molecule has 0 saturated carbocycles. The number of aromatic hydroxyl groups is 1. The molecule has 1 aromatic rings. The summed E-state index contributed by atoms with van der Waals surface area (Å²) >= 11 is 2.00. The molecule has 0 bridgehead atoms. The van der Waals surface area contributed by atoms with Gasteiger partial charge in [-0.3, -0.25) is 10.0 Å². The number of benzene rings is 1. The Kier molecular flexibility index (Phi) is 2.88. The molecule has 0 aromatic heterocycles. The molecule has 1 amide bonds. The van der Waals surface area contributed by atoms with Crippen molar-refractivity contribution in [3.05, 3.63) is 27.3 Å². The summed E-state index contributed by atoms with van der Waals surface area (Å²) in [5, 5.41) is 17.5. The van der Waals surface area contributed by atoms with Crippen LogP contribution in [0.1, 0.15) is 10.4 Å². The molecule has 3 N–H and O–H groups in total. The zero-order valence-electron chi connectivity index (χ0n) is 5.91. The van der Waals surface area contributed by atoms with Crippen molar-refractivity contribution < 1.29 is 15.1 Å². The molecular weight excluding hydrogens is 273 g/mol. The van der Waals surface area contributed by atoms with Gasteiger partial charge in [0.1, 0.15) is 5.75 Å². The number of halogens is 1. The van der Waals surface area contributed by atoms with Gasteiger partial charge in [0.15, 0.2) is 0 Å². The van der Waals surface area contributed by atoms with Gasteiger partial charge in [0.25, 0.3) is 5.91 Å². The molecule has 0 atom stereocenters. The molecule has 1 rings (SSSR count). The van der Waals surface area contributed by atoms with E-state index in [1.165, 1.54) is 17.6 Å². The lowest BCUT2D eigenvalue weighted by Gasteiger charge is -2.01. The van der Waals surface area contributed by atoms with Gasteiger partial charge in [-0.05, 0) is 40.8 Å². The van der Waals surface area contributed by atoms with Gasteiger partial charge < -0.3 is 5.11 Å². The molecule has 0 saturated heterocycles. The van der Waals surface area contributed by atoms with Crippen molar-refractivity contribution in [1.82, 2.24) is 5.48 Å². The first-order chi connectivity index (χ1) is 5.65. The molecule has 0 unspecified atom stereocenters. The van der Waals surface area contributed by atoms with Crippen molar-refractivity contribution in [3.8, 4) is 5.75 Å². The van der Waals surface area contributed by atoms with Crippen LogP contribution in [0, 0.1) is 3.57 Å². The topological polar surface area (TPSA) is 69.6 Å². The van der Waals surface area contributed by atoms with E-state index in [1.807, 2.05) is 22.6 Å². The molecule has 5 heteroatoms. The largest absolute Gasteiger partial charge is 0.507 e. The zero-order valence-corrected chi connectivity index (χ0v) is 8.07. The number of phenols is 1. The summed E-state index contributed by atoms with van der Waals surface area (Å²) in [5.41, 5.74) is 1.51. The molecule has 12 heavy (non-hydrogen) atoms. The lowest BCUT2D eigenvalue weighted by Crippen LogP contribution is -2.18. The van der Waals surface area contributed by atoms with Gasteiger partial charge in [-0.15, -0.1) is 0 Å². The summed E-state index contributed by atoms with van der Waals surface area (Å²) in [5.74, 6) is -0.868. The summed E-state index contributed by atoms with van der Waals surface area (Å²) in [4.78, 5) is 10.9. The third-order valence-electron chi connectivity index (χ3n) is 1.30. The first-order valence-electron chi connectivity index (χ1n) is 3.08. The van der Waals surface area contributed by atoms with E-state index in [0.717, 1.165) is 3.57 Å². The van der Waals surface area contributed by atoms with E-state index in [0.29, 0.717) is 0 Å². The maximum Gasteiger partial charge on any atom is 0.278 e. The standard InChI is InChI=1S/C7H6INO3/c8-4-1-2-6(10)5(3-4)7(11)9-12/h1-3,10,12H,(H,9,11). The Labute approximate surface area is 82.3 Å². The maximum absolute atomic E-state index is 10.9. The van der Waals surface area contributed by atoms with Gasteiger partial charge in [-0.25, -0.2) is 5.48 Å². The van der Waals surface area contributed by atoms with Crippen LogP contribution in [0.3, 0.4) is 0 Å². The van der Waals surface area contributed by atoms with E-state index < -0.39 is 5.91 Å². The van der Waals surface area contributed by atoms with Crippen LogP contribution in [-0.2, 0) is 0 Å². The first-order valence-corrected chi connectivity index (χ1v) is 4.16. The van der Waals surface area contributed by atoms with Gasteiger partial charge in [-0.1, -0.05) is 0 Å². The Morgan fingerprint density at radius 1 is 1.50 bits per heavy atom. The van der Waals surface area contributed by atoms with E-state index in [1.54, 1.807) is 6.07 Å². The van der Waals surface area contributed by atoms with Crippen molar-refractivity contribution in [1.29, 1.82) is 0 Å². The van der Waals surface area contributed by atoms with Crippen molar-refractivity contribution in [2.24, 2.45) is 0 Å². The first kappa shape index (κ1) is 9.27. The highest BCUT2D eigenvalue weighted by Gasteiger charge is 2.09. The lowest BCUT2D eigenvalue weighted by atomic mass is 10.2. The number of carbonyl (C=O) groups excluding carboxylic acids is 1. The minimum absolute atomic E-state index is 0.0596. The summed E-state index contributed by atoms with van der Waals surface area (Å²) in [7, 11) is 0. The third-order valence-corrected chi connectivity index (χ3v) is 1.98. The number of nitrogens with one attached hydrogen (secondary N) is 1. The van der Waals surface area contributed by atoms with Crippen LogP contribution in [0.15, 0.2) is 18.2 Å². The monoisotopic (exact) mass is 279 g/mol. The highest BCUT2D eigenvalue weighted by molar-refractivity contribution is 14.1. The maximum atomic E-state index is 10.9. The number of rotatable bonds is 1. The Morgan fingerprint density at radius 2 is 2.17 bits per heavy atom. The Hall–Kier alpha value is -0.820. The predicted molar refractivity (Wildman–Crippen MR) is 50.1 cm³/mol. The van der Waals surface area contributed by atoms with Crippen LogP contribution < -0.4 is 5.48 Å². The Morgan fingerprint density at radius 3 is 2.75 bits per heavy atom. The van der Waals surface area contributed by atoms with Crippen LogP contribution in [0.2, 0.25) is 0 Å². The lowest BCUT2D eigenvalue weighted by molar-refractivity contribution is 0.0703. The van der Waals surface area contributed by atoms with Crippen LogP contribution >= 0.6 is 22.6 Å². The fourth-order valence-electron chi connectivity index (χ4n) is 0.750.